The molecule has 3 aromatic rings. The molecule has 3 amide bonds. The molecule has 0 saturated carbocycles. The second kappa shape index (κ2) is 13.6. The van der Waals surface area contributed by atoms with Crippen molar-refractivity contribution in [2.24, 2.45) is 9.98 Å². The lowest BCUT2D eigenvalue weighted by molar-refractivity contribution is -0.125. The van der Waals surface area contributed by atoms with Gasteiger partial charge in [0, 0.05) is 24.2 Å². The van der Waals surface area contributed by atoms with Crippen LogP contribution in [0.4, 0.5) is 11.4 Å². The van der Waals surface area contributed by atoms with Crippen molar-refractivity contribution in [3.63, 3.8) is 0 Å². The predicted octanol–water partition coefficient (Wildman–Crippen LogP) is 5.50. The van der Waals surface area contributed by atoms with Crippen LogP contribution in [0.25, 0.3) is 0 Å². The van der Waals surface area contributed by atoms with Crippen LogP contribution in [0.2, 0.25) is 0 Å². The number of anilines is 1. The topological polar surface area (TPSA) is 103 Å². The molecule has 0 saturated heterocycles. The van der Waals surface area contributed by atoms with E-state index >= 15 is 0 Å². The summed E-state index contributed by atoms with van der Waals surface area (Å²) in [5, 5.41) is 5.90. The van der Waals surface area contributed by atoms with Gasteiger partial charge in [0.15, 0.2) is 5.17 Å². The minimum absolute atomic E-state index is 0.109. The molecule has 2 atom stereocenters. The number of hydrogen-bond acceptors (Lipinski definition) is 6. The van der Waals surface area contributed by atoms with Gasteiger partial charge < -0.3 is 10.6 Å². The van der Waals surface area contributed by atoms with Crippen molar-refractivity contribution < 1.29 is 14.4 Å². The molecule has 0 radical (unpaired) electrons. The van der Waals surface area contributed by atoms with Crippen molar-refractivity contribution >= 4 is 51.9 Å². The maximum Gasteiger partial charge on any atom is 0.259 e. The first-order valence-electron chi connectivity index (χ1n) is 14.4. The number of carbonyl (C=O) groups excluding carboxylic acids is 3. The third-order valence-corrected chi connectivity index (χ3v) is 8.63. The molecule has 0 unspecified atom stereocenters. The van der Waals surface area contributed by atoms with E-state index in [1.165, 1.54) is 22.2 Å². The van der Waals surface area contributed by atoms with Crippen molar-refractivity contribution in [3.8, 4) is 0 Å². The van der Waals surface area contributed by atoms with Gasteiger partial charge in [0.2, 0.25) is 11.8 Å². The van der Waals surface area contributed by atoms with Crippen molar-refractivity contribution in [1.29, 1.82) is 0 Å². The highest BCUT2D eigenvalue weighted by atomic mass is 32.2. The summed E-state index contributed by atoms with van der Waals surface area (Å²) < 4.78 is 0. The highest BCUT2D eigenvalue weighted by Crippen LogP contribution is 2.36. The van der Waals surface area contributed by atoms with Crippen molar-refractivity contribution in [3.05, 3.63) is 95.6 Å². The number of fused-ring (bicyclic) bond motifs is 3. The van der Waals surface area contributed by atoms with Crippen LogP contribution in [0, 0.1) is 0 Å². The number of aliphatic imine (C=N–C) groups is 2. The maximum atomic E-state index is 13.6. The van der Waals surface area contributed by atoms with E-state index < -0.39 is 11.3 Å². The number of rotatable bonds is 11. The zero-order valence-corrected chi connectivity index (χ0v) is 24.7. The molecule has 3 aromatic carbocycles. The van der Waals surface area contributed by atoms with E-state index in [4.69, 9.17) is 9.98 Å². The molecular weight excluding hydrogens is 546 g/mol. The van der Waals surface area contributed by atoms with Crippen LogP contribution in [0.5, 0.6) is 0 Å². The molecule has 0 spiro atoms. The van der Waals surface area contributed by atoms with Crippen molar-refractivity contribution in [2.75, 3.05) is 11.9 Å². The van der Waals surface area contributed by atoms with Crippen LogP contribution >= 0.6 is 11.8 Å². The normalized spacial score (nSPS) is 16.2. The fourth-order valence-electron chi connectivity index (χ4n) is 4.91. The van der Waals surface area contributed by atoms with Crippen LogP contribution in [-0.4, -0.2) is 51.5 Å². The molecule has 216 valence electrons. The summed E-state index contributed by atoms with van der Waals surface area (Å²) in [6, 6.07) is 24.6. The Balaban J connectivity index is 1.25. The average Bonchev–Trinajstić information content (AvgIpc) is 3.36. The number of amidine groups is 2. The van der Waals surface area contributed by atoms with Crippen molar-refractivity contribution in [2.45, 2.75) is 57.2 Å². The van der Waals surface area contributed by atoms with E-state index in [1.54, 1.807) is 0 Å². The molecule has 9 heteroatoms. The summed E-state index contributed by atoms with van der Waals surface area (Å²) in [6.07, 6.45) is 2.70. The Morgan fingerprint density at radius 3 is 2.43 bits per heavy atom. The Kier molecular flexibility index (Phi) is 9.48. The van der Waals surface area contributed by atoms with E-state index in [9.17, 15) is 14.4 Å². The fraction of sp³-hybridized carbons (Fsp3) is 0.303. The van der Waals surface area contributed by atoms with Crippen LogP contribution in [-0.2, 0) is 27.2 Å². The molecule has 2 N–H and O–H groups in total. The summed E-state index contributed by atoms with van der Waals surface area (Å²) in [4.78, 5) is 50.5. The first-order valence-corrected chi connectivity index (χ1v) is 15.3. The molecule has 0 fully saturated rings. The van der Waals surface area contributed by atoms with E-state index in [0.717, 1.165) is 29.7 Å². The highest BCUT2D eigenvalue weighted by molar-refractivity contribution is 8.15. The summed E-state index contributed by atoms with van der Waals surface area (Å²) in [5.74, 6) is 0.0329. The fourth-order valence-corrected chi connectivity index (χ4v) is 5.93. The van der Waals surface area contributed by atoms with Crippen LogP contribution in [0.15, 0.2) is 88.8 Å². The Morgan fingerprint density at radius 1 is 0.952 bits per heavy atom. The Hall–Kier alpha value is -4.24. The second-order valence-corrected chi connectivity index (χ2v) is 11.4. The SMILES string of the molecule is CCc1ccc(NC(=O)[C@H](CC)SC2=Nc3ccccc3C3=N[C@@H](CCC(=O)NCCc4ccccc4)C(=O)N23)cc1. The standard InChI is InChI=1S/C33H35N5O3S/c1-3-22-14-16-24(17-15-22)35-31(40)28(4-2)42-33-37-26-13-9-8-12-25(26)30-36-27(32(41)38(30)33)18-19-29(39)34-21-20-23-10-6-5-7-11-23/h5-17,27-28H,3-4,18-21H2,1-2H3,(H,34,39)(H,35,40)/t27-,28-/m0/s1. The number of nitrogens with zero attached hydrogens (tertiary/aromatic N) is 3. The monoisotopic (exact) mass is 581 g/mol. The third kappa shape index (κ3) is 6.79. The van der Waals surface area contributed by atoms with Gasteiger partial charge in [0.05, 0.1) is 10.9 Å². The number of para-hydroxylation sites is 1. The zero-order valence-electron chi connectivity index (χ0n) is 23.9. The molecule has 2 heterocycles. The summed E-state index contributed by atoms with van der Waals surface area (Å²) in [5.41, 5.74) is 4.55. The minimum Gasteiger partial charge on any atom is -0.356 e. The molecule has 2 aliphatic rings. The Bertz CT molecular complexity index is 1500. The minimum atomic E-state index is -0.692. The van der Waals surface area contributed by atoms with Crippen LogP contribution in [0.3, 0.4) is 0 Å². The van der Waals surface area contributed by atoms with Gasteiger partial charge >= 0.3 is 0 Å². The Labute approximate surface area is 250 Å². The summed E-state index contributed by atoms with van der Waals surface area (Å²) in [6.45, 7) is 4.56. The van der Waals surface area contributed by atoms with Gasteiger partial charge in [-0.2, -0.15) is 0 Å². The number of benzene rings is 3. The van der Waals surface area contributed by atoms with Crippen LogP contribution in [0.1, 0.15) is 49.8 Å². The molecule has 0 aliphatic carbocycles. The van der Waals surface area contributed by atoms with Gasteiger partial charge in [-0.1, -0.05) is 80.2 Å². The molecule has 0 aromatic heterocycles. The van der Waals surface area contributed by atoms with Gasteiger partial charge in [0.1, 0.15) is 11.9 Å². The first kappa shape index (κ1) is 29.3. The first-order chi connectivity index (χ1) is 20.5. The zero-order chi connectivity index (χ0) is 29.5. The summed E-state index contributed by atoms with van der Waals surface area (Å²) in [7, 11) is 0. The van der Waals surface area contributed by atoms with Gasteiger partial charge in [-0.05, 0) is 61.1 Å². The highest BCUT2D eigenvalue weighted by Gasteiger charge is 2.42. The summed E-state index contributed by atoms with van der Waals surface area (Å²) >= 11 is 1.26. The van der Waals surface area contributed by atoms with E-state index in [2.05, 4.69) is 17.6 Å². The quantitative estimate of drug-likeness (QED) is 0.312. The number of carbonyl (C=O) groups is 3. The largest absolute Gasteiger partial charge is 0.356 e. The lowest BCUT2D eigenvalue weighted by Crippen LogP contribution is -2.42. The lowest BCUT2D eigenvalue weighted by atomic mass is 10.1. The molecule has 42 heavy (non-hydrogen) atoms. The molecule has 5 rings (SSSR count). The van der Waals surface area contributed by atoms with E-state index in [0.29, 0.717) is 36.1 Å². The van der Waals surface area contributed by atoms with Crippen LogP contribution < -0.4 is 10.6 Å². The maximum absolute atomic E-state index is 13.6. The molecular formula is C33H35N5O3S. The number of nitrogens with one attached hydrogen (secondary N) is 2. The van der Waals surface area contributed by atoms with E-state index in [1.807, 2.05) is 85.8 Å². The van der Waals surface area contributed by atoms with E-state index in [-0.39, 0.29) is 24.1 Å². The number of thioether (sulfide) groups is 1. The predicted molar refractivity (Wildman–Crippen MR) is 169 cm³/mol. The van der Waals surface area contributed by atoms with Gasteiger partial charge in [-0.25, -0.2) is 9.89 Å². The number of hydrogen-bond donors (Lipinski definition) is 2. The van der Waals surface area contributed by atoms with Gasteiger partial charge in [-0.15, -0.1) is 0 Å². The third-order valence-electron chi connectivity index (χ3n) is 7.31. The van der Waals surface area contributed by atoms with Crippen molar-refractivity contribution in [1.82, 2.24) is 10.2 Å². The lowest BCUT2D eigenvalue weighted by Gasteiger charge is -2.27. The molecule has 8 nitrogen and oxygen atoms in total. The number of amides is 3. The number of aryl methyl sites for hydroxylation is 1. The second-order valence-electron chi connectivity index (χ2n) is 10.2. The van der Waals surface area contributed by atoms with Gasteiger partial charge in [0.25, 0.3) is 5.91 Å². The molecule has 0 bridgehead atoms. The van der Waals surface area contributed by atoms with Gasteiger partial charge in [-0.3, -0.25) is 19.4 Å². The average molecular weight is 582 g/mol. The smallest absolute Gasteiger partial charge is 0.259 e. The molecule has 2 aliphatic heterocycles. The Morgan fingerprint density at radius 2 is 1.69 bits per heavy atom.